The molecule has 0 aliphatic rings. The summed E-state index contributed by atoms with van der Waals surface area (Å²) in [5, 5.41) is 11.9. The average Bonchev–Trinajstić information content (AvgIpc) is 3.01. The van der Waals surface area contributed by atoms with Gasteiger partial charge in [0, 0.05) is 0 Å². The van der Waals surface area contributed by atoms with Gasteiger partial charge in [-0.1, -0.05) is 97.1 Å². The quantitative estimate of drug-likeness (QED) is 0.200. The smallest absolute Gasteiger partial charge is 0.123 e. The fourth-order valence-corrected chi connectivity index (χ4v) is 6.32. The maximum absolute atomic E-state index is 13.7. The van der Waals surface area contributed by atoms with Gasteiger partial charge in [-0.05, 0) is 113 Å². The van der Waals surface area contributed by atoms with Crippen molar-refractivity contribution >= 4 is 53.9 Å². The van der Waals surface area contributed by atoms with Gasteiger partial charge in [0.05, 0.1) is 0 Å². The zero-order chi connectivity index (χ0) is 26.8. The SMILES string of the molecule is Fc1ccc(-c2ccc3c4ccccc4c4c5cc(-c6ccc(F)cc6)ccc5c5ccccc5c4c3c2)cc1. The molecule has 8 rings (SSSR count). The number of benzene rings is 8. The van der Waals surface area contributed by atoms with Crippen molar-refractivity contribution in [1.82, 2.24) is 0 Å². The zero-order valence-corrected chi connectivity index (χ0v) is 21.5. The summed E-state index contributed by atoms with van der Waals surface area (Å²) in [6.07, 6.45) is 0. The van der Waals surface area contributed by atoms with Crippen LogP contribution in [0.5, 0.6) is 0 Å². The van der Waals surface area contributed by atoms with E-state index in [1.807, 2.05) is 24.3 Å². The molecule has 0 aromatic heterocycles. The van der Waals surface area contributed by atoms with E-state index in [4.69, 9.17) is 0 Å². The van der Waals surface area contributed by atoms with Crippen LogP contribution in [-0.4, -0.2) is 0 Å². The lowest BCUT2D eigenvalue weighted by atomic mass is 9.85. The molecule has 0 saturated carbocycles. The van der Waals surface area contributed by atoms with E-state index in [-0.39, 0.29) is 11.6 Å². The molecule has 0 spiro atoms. The fourth-order valence-electron chi connectivity index (χ4n) is 6.32. The first-order valence-corrected chi connectivity index (χ1v) is 13.4. The predicted octanol–water partition coefficient (Wildman–Crippen LogP) is 11.1. The molecule has 0 fully saturated rings. The van der Waals surface area contributed by atoms with Gasteiger partial charge < -0.3 is 0 Å². The first kappa shape index (κ1) is 22.9. The summed E-state index contributed by atoms with van der Waals surface area (Å²) in [5.74, 6) is -0.481. The Morgan fingerprint density at radius 2 is 0.600 bits per heavy atom. The molecule has 188 valence electrons. The second-order valence-electron chi connectivity index (χ2n) is 10.4. The summed E-state index contributed by atoms with van der Waals surface area (Å²) in [5.41, 5.74) is 4.06. The average molecular weight is 517 g/mol. The van der Waals surface area contributed by atoms with Crippen LogP contribution in [0, 0.1) is 11.6 Å². The van der Waals surface area contributed by atoms with Crippen LogP contribution in [-0.2, 0) is 0 Å². The Labute approximate surface area is 229 Å². The summed E-state index contributed by atoms with van der Waals surface area (Å²) >= 11 is 0. The number of hydrogen-bond donors (Lipinski definition) is 0. The van der Waals surface area contributed by atoms with Crippen LogP contribution in [0.15, 0.2) is 133 Å². The van der Waals surface area contributed by atoms with Crippen molar-refractivity contribution in [2.24, 2.45) is 0 Å². The fraction of sp³-hybridized carbons (Fsp3) is 0. The third-order valence-electron chi connectivity index (χ3n) is 8.16. The van der Waals surface area contributed by atoms with Gasteiger partial charge in [-0.3, -0.25) is 0 Å². The van der Waals surface area contributed by atoms with Crippen LogP contribution in [0.1, 0.15) is 0 Å². The van der Waals surface area contributed by atoms with Crippen molar-refractivity contribution in [2.75, 3.05) is 0 Å². The third kappa shape index (κ3) is 3.43. The van der Waals surface area contributed by atoms with Gasteiger partial charge in [0.25, 0.3) is 0 Å². The van der Waals surface area contributed by atoms with Gasteiger partial charge in [0.1, 0.15) is 11.6 Å². The van der Waals surface area contributed by atoms with E-state index < -0.39 is 0 Å². The van der Waals surface area contributed by atoms with E-state index in [9.17, 15) is 8.78 Å². The van der Waals surface area contributed by atoms with Crippen LogP contribution in [0.3, 0.4) is 0 Å². The van der Waals surface area contributed by atoms with E-state index in [1.165, 1.54) is 78.1 Å². The van der Waals surface area contributed by atoms with Crippen LogP contribution in [0.2, 0.25) is 0 Å². The topological polar surface area (TPSA) is 0 Å². The second kappa shape index (κ2) is 8.72. The lowest BCUT2D eigenvalue weighted by molar-refractivity contribution is 0.627. The van der Waals surface area contributed by atoms with Crippen molar-refractivity contribution < 1.29 is 8.78 Å². The molecule has 0 N–H and O–H groups in total. The Kier molecular flexibility index (Phi) is 4.99. The first-order valence-electron chi connectivity index (χ1n) is 13.4. The van der Waals surface area contributed by atoms with Gasteiger partial charge >= 0.3 is 0 Å². The molecule has 0 amide bonds. The lowest BCUT2D eigenvalue weighted by Gasteiger charge is -2.18. The minimum Gasteiger partial charge on any atom is -0.207 e. The van der Waals surface area contributed by atoms with E-state index in [1.54, 1.807) is 0 Å². The predicted molar refractivity (Wildman–Crippen MR) is 165 cm³/mol. The molecule has 40 heavy (non-hydrogen) atoms. The molecule has 0 heterocycles. The molecule has 0 atom stereocenters. The van der Waals surface area contributed by atoms with E-state index in [0.29, 0.717) is 0 Å². The molecule has 0 saturated heterocycles. The van der Waals surface area contributed by atoms with Crippen molar-refractivity contribution in [3.05, 3.63) is 145 Å². The van der Waals surface area contributed by atoms with Crippen LogP contribution in [0.25, 0.3) is 76.1 Å². The summed E-state index contributed by atoms with van der Waals surface area (Å²) in [7, 11) is 0. The number of halogens is 2. The van der Waals surface area contributed by atoms with Gasteiger partial charge in [-0.15, -0.1) is 0 Å². The van der Waals surface area contributed by atoms with Crippen molar-refractivity contribution in [3.63, 3.8) is 0 Å². The summed E-state index contributed by atoms with van der Waals surface area (Å²) in [6.45, 7) is 0. The zero-order valence-electron chi connectivity index (χ0n) is 21.5. The largest absolute Gasteiger partial charge is 0.207 e. The van der Waals surface area contributed by atoms with Crippen molar-refractivity contribution in [2.45, 2.75) is 0 Å². The number of fused-ring (bicyclic) bond motifs is 11. The Balaban J connectivity index is 1.59. The maximum Gasteiger partial charge on any atom is 0.123 e. The third-order valence-corrected chi connectivity index (χ3v) is 8.16. The van der Waals surface area contributed by atoms with Gasteiger partial charge in [-0.2, -0.15) is 0 Å². The highest BCUT2D eigenvalue weighted by Gasteiger charge is 2.17. The highest BCUT2D eigenvalue weighted by molar-refractivity contribution is 6.39. The van der Waals surface area contributed by atoms with E-state index in [0.717, 1.165) is 22.3 Å². The lowest BCUT2D eigenvalue weighted by Crippen LogP contribution is -1.90. The van der Waals surface area contributed by atoms with Gasteiger partial charge in [-0.25, -0.2) is 8.78 Å². The molecule has 0 aliphatic heterocycles. The molecular formula is C38H22F2. The molecular weight excluding hydrogens is 494 g/mol. The van der Waals surface area contributed by atoms with Gasteiger partial charge in [0.15, 0.2) is 0 Å². The maximum atomic E-state index is 13.7. The van der Waals surface area contributed by atoms with Crippen molar-refractivity contribution in [3.8, 4) is 22.3 Å². The molecule has 0 unspecified atom stereocenters. The minimum atomic E-state index is -0.240. The van der Waals surface area contributed by atoms with E-state index in [2.05, 4.69) is 84.9 Å². The highest BCUT2D eigenvalue weighted by atomic mass is 19.1. The van der Waals surface area contributed by atoms with Crippen LogP contribution in [0.4, 0.5) is 8.78 Å². The van der Waals surface area contributed by atoms with Crippen LogP contribution < -0.4 is 0 Å². The number of hydrogen-bond acceptors (Lipinski definition) is 0. The minimum absolute atomic E-state index is 0.240. The first-order chi connectivity index (χ1) is 19.7. The molecule has 2 heteroatoms. The Morgan fingerprint density at radius 3 is 1.00 bits per heavy atom. The van der Waals surface area contributed by atoms with Crippen molar-refractivity contribution in [1.29, 1.82) is 0 Å². The molecule has 0 aliphatic carbocycles. The Morgan fingerprint density at radius 1 is 0.275 bits per heavy atom. The van der Waals surface area contributed by atoms with Crippen LogP contribution >= 0.6 is 0 Å². The normalized spacial score (nSPS) is 11.8. The number of rotatable bonds is 2. The second-order valence-corrected chi connectivity index (χ2v) is 10.4. The highest BCUT2D eigenvalue weighted by Crippen LogP contribution is 2.45. The summed E-state index contributed by atoms with van der Waals surface area (Å²) in [4.78, 5) is 0. The Bertz CT molecular complexity index is 2100. The molecule has 0 bridgehead atoms. The molecule has 8 aromatic carbocycles. The van der Waals surface area contributed by atoms with E-state index >= 15 is 0 Å². The molecule has 0 radical (unpaired) electrons. The monoisotopic (exact) mass is 516 g/mol. The summed E-state index contributed by atoms with van der Waals surface area (Å²) in [6, 6.07) is 43.7. The standard InChI is InChI=1S/C38H22F2/c39-27-15-9-23(10-16-27)25-13-19-31-29-5-1-3-7-33(29)37-36-22-26(24-11-17-28(40)18-12-24)14-20-32(36)30-6-2-4-8-34(30)38(37)35(31)21-25/h1-22H. The molecule has 8 aromatic rings. The summed E-state index contributed by atoms with van der Waals surface area (Å²) < 4.78 is 27.4. The van der Waals surface area contributed by atoms with Gasteiger partial charge in [0.2, 0.25) is 0 Å². The Hall–Kier alpha value is -5.08. The molecule has 0 nitrogen and oxygen atoms in total.